The van der Waals surface area contributed by atoms with Crippen LogP contribution in [0.25, 0.3) is 0 Å². The molecule has 0 radical (unpaired) electrons. The average molecular weight is 299 g/mol. The molecule has 0 aliphatic rings. The number of nitrogens with zero attached hydrogens (tertiary/aromatic N) is 1. The maximum atomic E-state index is 12.0. The Kier molecular flexibility index (Phi) is 5.15. The minimum absolute atomic E-state index is 0.0331. The van der Waals surface area contributed by atoms with Crippen LogP contribution in [0.4, 0.5) is 0 Å². The molecule has 94 valence electrons. The van der Waals surface area contributed by atoms with Crippen LogP contribution in [0.5, 0.6) is 0 Å². The molecule has 4 heteroatoms. The monoisotopic (exact) mass is 298 g/mol. The Balaban J connectivity index is 2.67. The van der Waals surface area contributed by atoms with Gasteiger partial charge in [0.15, 0.2) is 0 Å². The second-order valence-electron chi connectivity index (χ2n) is 4.51. The topological polar surface area (TPSA) is 32.3 Å². The Morgan fingerprint density at radius 1 is 1.47 bits per heavy atom. The van der Waals surface area contributed by atoms with E-state index in [1.165, 1.54) is 0 Å². The van der Waals surface area contributed by atoms with Gasteiger partial charge in [-0.3, -0.25) is 4.79 Å². The van der Waals surface area contributed by atoms with E-state index in [1.807, 2.05) is 39.2 Å². The van der Waals surface area contributed by atoms with Crippen LogP contribution in [-0.4, -0.2) is 37.5 Å². The number of hydrogen-bond acceptors (Lipinski definition) is 2. The maximum Gasteiger partial charge on any atom is 0.252 e. The number of rotatable bonds is 4. The van der Waals surface area contributed by atoms with Gasteiger partial charge in [0, 0.05) is 17.1 Å². The number of aryl methyl sites for hydroxylation is 1. The van der Waals surface area contributed by atoms with Crippen LogP contribution in [0.2, 0.25) is 0 Å². The van der Waals surface area contributed by atoms with Gasteiger partial charge in [-0.1, -0.05) is 11.6 Å². The molecule has 1 rings (SSSR count). The molecule has 0 bridgehead atoms. The number of benzene rings is 1. The van der Waals surface area contributed by atoms with Crippen molar-refractivity contribution >= 4 is 21.8 Å². The SMILES string of the molecule is Cc1ccc(Br)c(C(=O)NCC(C)N(C)C)c1. The van der Waals surface area contributed by atoms with Crippen molar-refractivity contribution in [3.8, 4) is 0 Å². The first-order valence-corrected chi connectivity index (χ1v) is 6.42. The quantitative estimate of drug-likeness (QED) is 0.926. The highest BCUT2D eigenvalue weighted by Gasteiger charge is 2.11. The lowest BCUT2D eigenvalue weighted by Crippen LogP contribution is -2.38. The fourth-order valence-electron chi connectivity index (χ4n) is 1.33. The van der Waals surface area contributed by atoms with Gasteiger partial charge in [-0.15, -0.1) is 0 Å². The standard InChI is InChI=1S/C13H19BrN2O/c1-9-5-6-12(14)11(7-9)13(17)15-8-10(2)16(3)4/h5-7,10H,8H2,1-4H3,(H,15,17). The lowest BCUT2D eigenvalue weighted by Gasteiger charge is -2.20. The van der Waals surface area contributed by atoms with Crippen LogP contribution in [0, 0.1) is 6.92 Å². The van der Waals surface area contributed by atoms with Crippen molar-refractivity contribution in [1.82, 2.24) is 10.2 Å². The van der Waals surface area contributed by atoms with E-state index in [1.54, 1.807) is 0 Å². The fraction of sp³-hybridized carbons (Fsp3) is 0.462. The number of amides is 1. The molecule has 3 nitrogen and oxygen atoms in total. The van der Waals surface area contributed by atoms with Gasteiger partial charge in [-0.25, -0.2) is 0 Å². The van der Waals surface area contributed by atoms with Crippen LogP contribution in [0.1, 0.15) is 22.8 Å². The number of carbonyl (C=O) groups excluding carboxylic acids is 1. The molecule has 0 fully saturated rings. The highest BCUT2D eigenvalue weighted by atomic mass is 79.9. The third kappa shape index (κ3) is 4.13. The smallest absolute Gasteiger partial charge is 0.252 e. The molecule has 0 heterocycles. The Morgan fingerprint density at radius 2 is 2.12 bits per heavy atom. The molecule has 0 spiro atoms. The lowest BCUT2D eigenvalue weighted by atomic mass is 10.1. The molecule has 1 atom stereocenters. The summed E-state index contributed by atoms with van der Waals surface area (Å²) in [4.78, 5) is 14.1. The molecule has 1 unspecified atom stereocenters. The van der Waals surface area contributed by atoms with Gasteiger partial charge in [0.25, 0.3) is 5.91 Å². The molecular weight excluding hydrogens is 280 g/mol. The Morgan fingerprint density at radius 3 is 2.71 bits per heavy atom. The van der Waals surface area contributed by atoms with Crippen LogP contribution in [0.15, 0.2) is 22.7 Å². The number of nitrogens with one attached hydrogen (secondary N) is 1. The van der Waals surface area contributed by atoms with E-state index in [0.717, 1.165) is 10.0 Å². The first-order chi connectivity index (χ1) is 7.91. The van der Waals surface area contributed by atoms with Crippen LogP contribution in [0.3, 0.4) is 0 Å². The molecule has 0 aliphatic carbocycles. The summed E-state index contributed by atoms with van der Waals surface area (Å²) in [6.07, 6.45) is 0. The van der Waals surface area contributed by atoms with Crippen molar-refractivity contribution in [2.24, 2.45) is 0 Å². The van der Waals surface area contributed by atoms with Crippen molar-refractivity contribution in [1.29, 1.82) is 0 Å². The highest BCUT2D eigenvalue weighted by Crippen LogP contribution is 2.17. The van der Waals surface area contributed by atoms with Gasteiger partial charge < -0.3 is 10.2 Å². The first kappa shape index (κ1) is 14.2. The molecule has 1 aromatic rings. The summed E-state index contributed by atoms with van der Waals surface area (Å²) >= 11 is 3.40. The summed E-state index contributed by atoms with van der Waals surface area (Å²) < 4.78 is 0.832. The molecule has 0 saturated carbocycles. The zero-order valence-corrected chi connectivity index (χ0v) is 12.3. The van der Waals surface area contributed by atoms with E-state index >= 15 is 0 Å². The molecule has 17 heavy (non-hydrogen) atoms. The number of halogens is 1. The normalized spacial score (nSPS) is 12.6. The summed E-state index contributed by atoms with van der Waals surface area (Å²) in [6, 6.07) is 6.09. The molecule has 1 aromatic carbocycles. The summed E-state index contributed by atoms with van der Waals surface area (Å²) in [5.74, 6) is -0.0331. The zero-order chi connectivity index (χ0) is 13.0. The Bertz CT molecular complexity index is 404. The summed E-state index contributed by atoms with van der Waals surface area (Å²) in [5.41, 5.74) is 1.77. The van der Waals surface area contributed by atoms with Gasteiger partial charge in [-0.05, 0) is 56.0 Å². The first-order valence-electron chi connectivity index (χ1n) is 5.62. The number of hydrogen-bond donors (Lipinski definition) is 1. The van der Waals surface area contributed by atoms with E-state index in [-0.39, 0.29) is 5.91 Å². The summed E-state index contributed by atoms with van der Waals surface area (Å²) in [7, 11) is 4.00. The van der Waals surface area contributed by atoms with E-state index in [0.29, 0.717) is 18.2 Å². The van der Waals surface area contributed by atoms with Gasteiger partial charge >= 0.3 is 0 Å². The third-order valence-electron chi connectivity index (χ3n) is 2.81. The van der Waals surface area contributed by atoms with Crippen molar-refractivity contribution in [3.63, 3.8) is 0 Å². The van der Waals surface area contributed by atoms with Gasteiger partial charge in [0.1, 0.15) is 0 Å². The molecular formula is C13H19BrN2O. The zero-order valence-electron chi connectivity index (χ0n) is 10.7. The fourth-order valence-corrected chi connectivity index (χ4v) is 1.76. The van der Waals surface area contributed by atoms with E-state index in [4.69, 9.17) is 0 Å². The highest BCUT2D eigenvalue weighted by molar-refractivity contribution is 9.10. The Hall–Kier alpha value is -0.870. The predicted octanol–water partition coefficient (Wildman–Crippen LogP) is 2.44. The van der Waals surface area contributed by atoms with Gasteiger partial charge in [0.05, 0.1) is 5.56 Å². The van der Waals surface area contributed by atoms with Crippen molar-refractivity contribution in [2.75, 3.05) is 20.6 Å². The lowest BCUT2D eigenvalue weighted by molar-refractivity contribution is 0.0943. The van der Waals surface area contributed by atoms with E-state index in [9.17, 15) is 4.79 Å². The molecule has 1 amide bonds. The van der Waals surface area contributed by atoms with Crippen molar-refractivity contribution in [3.05, 3.63) is 33.8 Å². The summed E-state index contributed by atoms with van der Waals surface area (Å²) in [5, 5.41) is 2.94. The third-order valence-corrected chi connectivity index (χ3v) is 3.50. The second-order valence-corrected chi connectivity index (χ2v) is 5.36. The molecule has 0 aromatic heterocycles. The van der Waals surface area contributed by atoms with Gasteiger partial charge in [-0.2, -0.15) is 0 Å². The minimum atomic E-state index is -0.0331. The minimum Gasteiger partial charge on any atom is -0.350 e. The second kappa shape index (κ2) is 6.17. The van der Waals surface area contributed by atoms with Crippen LogP contribution < -0.4 is 5.32 Å². The van der Waals surface area contributed by atoms with Crippen molar-refractivity contribution in [2.45, 2.75) is 19.9 Å². The Labute approximate surface area is 111 Å². The molecule has 0 saturated heterocycles. The van der Waals surface area contributed by atoms with E-state index < -0.39 is 0 Å². The van der Waals surface area contributed by atoms with Crippen molar-refractivity contribution < 1.29 is 4.79 Å². The average Bonchev–Trinajstić information content (AvgIpc) is 2.28. The summed E-state index contributed by atoms with van der Waals surface area (Å²) in [6.45, 7) is 4.70. The van der Waals surface area contributed by atoms with Crippen LogP contribution in [-0.2, 0) is 0 Å². The van der Waals surface area contributed by atoms with Gasteiger partial charge in [0.2, 0.25) is 0 Å². The predicted molar refractivity (Wildman–Crippen MR) is 74.4 cm³/mol. The molecule has 0 aliphatic heterocycles. The number of likely N-dealkylation sites (N-methyl/N-ethyl adjacent to an activating group) is 1. The van der Waals surface area contributed by atoms with E-state index in [2.05, 4.69) is 33.1 Å². The largest absolute Gasteiger partial charge is 0.350 e. The molecule has 1 N–H and O–H groups in total. The van der Waals surface area contributed by atoms with Crippen LogP contribution >= 0.6 is 15.9 Å². The number of carbonyl (C=O) groups is 1. The maximum absolute atomic E-state index is 12.0.